The van der Waals surface area contributed by atoms with Crippen LogP contribution in [0, 0.1) is 11.8 Å². The number of nitrogens with zero attached hydrogens (tertiary/aromatic N) is 2. The number of nitrogens with one attached hydrogen (secondary N) is 1. The second-order valence-electron chi connectivity index (χ2n) is 10.2. The third-order valence-corrected chi connectivity index (χ3v) is 8.81. The Bertz CT molecular complexity index is 1190. The zero-order valence-electron chi connectivity index (χ0n) is 21.4. The Morgan fingerprint density at radius 3 is 2.36 bits per heavy atom. The first-order valence-corrected chi connectivity index (χ1v) is 14.5. The lowest BCUT2D eigenvalue weighted by molar-refractivity contribution is -0.135. The Balaban J connectivity index is 1.41. The van der Waals surface area contributed by atoms with Crippen LogP contribution < -0.4 is 9.62 Å². The summed E-state index contributed by atoms with van der Waals surface area (Å²) in [5.74, 6) is 0.200. The van der Waals surface area contributed by atoms with Gasteiger partial charge in [0.25, 0.3) is 0 Å². The molecular formula is C28H37N3O4S. The predicted octanol–water partition coefficient (Wildman–Crippen LogP) is 3.77. The lowest BCUT2D eigenvalue weighted by Crippen LogP contribution is -2.53. The van der Waals surface area contributed by atoms with E-state index in [-0.39, 0.29) is 22.6 Å². The van der Waals surface area contributed by atoms with Crippen molar-refractivity contribution in [1.29, 1.82) is 0 Å². The number of anilines is 1. The van der Waals surface area contributed by atoms with Gasteiger partial charge in [-0.2, -0.15) is 4.72 Å². The molecule has 2 heterocycles. The molecule has 1 N–H and O–H groups in total. The molecule has 2 aromatic carbocycles. The number of sulfonamides is 1. The van der Waals surface area contributed by atoms with Gasteiger partial charge in [0.2, 0.25) is 21.8 Å². The fourth-order valence-corrected chi connectivity index (χ4v) is 6.59. The van der Waals surface area contributed by atoms with Crippen LogP contribution in [-0.2, 0) is 32.5 Å². The summed E-state index contributed by atoms with van der Waals surface area (Å²) in [6, 6.07) is 14.4. The molecule has 36 heavy (non-hydrogen) atoms. The number of hydrogen-bond donors (Lipinski definition) is 1. The summed E-state index contributed by atoms with van der Waals surface area (Å²) >= 11 is 0. The topological polar surface area (TPSA) is 86.8 Å². The molecule has 194 valence electrons. The van der Waals surface area contributed by atoms with Gasteiger partial charge < -0.3 is 9.80 Å². The van der Waals surface area contributed by atoms with Crippen molar-refractivity contribution in [3.63, 3.8) is 0 Å². The minimum Gasteiger partial charge on any atom is -0.341 e. The molecule has 0 radical (unpaired) electrons. The number of carbonyl (C=O) groups excluding carboxylic acids is 2. The van der Waals surface area contributed by atoms with Gasteiger partial charge in [-0.15, -0.1) is 0 Å². The minimum absolute atomic E-state index is 0.0282. The molecule has 0 unspecified atom stereocenters. The first-order chi connectivity index (χ1) is 17.2. The van der Waals surface area contributed by atoms with E-state index < -0.39 is 16.1 Å². The Morgan fingerprint density at radius 2 is 1.72 bits per heavy atom. The van der Waals surface area contributed by atoms with Gasteiger partial charge in [0.05, 0.1) is 4.90 Å². The molecule has 2 aliphatic rings. The number of hydrogen-bond acceptors (Lipinski definition) is 4. The molecule has 4 rings (SSSR count). The standard InChI is InChI=1S/C28H37N3O4S/c1-4-26(32)31-17-14-23-19-24(10-11-25(23)31)36(34,35)29-27(20(2)3)28(33)30-15-12-22(13-16-30)18-21-8-6-5-7-9-21/h5-11,19-20,22,27,29H,4,12-18H2,1-3H3/t27-/m1/s1. The van der Waals surface area contributed by atoms with E-state index in [0.717, 1.165) is 30.5 Å². The monoisotopic (exact) mass is 511 g/mol. The average Bonchev–Trinajstić information content (AvgIpc) is 3.31. The Morgan fingerprint density at radius 1 is 1.03 bits per heavy atom. The highest BCUT2D eigenvalue weighted by Gasteiger charge is 2.34. The summed E-state index contributed by atoms with van der Waals surface area (Å²) in [5.41, 5.74) is 2.93. The summed E-state index contributed by atoms with van der Waals surface area (Å²) in [6.07, 6.45) is 3.85. The van der Waals surface area contributed by atoms with E-state index in [0.29, 0.717) is 38.4 Å². The van der Waals surface area contributed by atoms with Gasteiger partial charge in [0.15, 0.2) is 0 Å². The van der Waals surface area contributed by atoms with Crippen LogP contribution >= 0.6 is 0 Å². The number of likely N-dealkylation sites (tertiary alicyclic amines) is 1. The first kappa shape index (κ1) is 26.4. The summed E-state index contributed by atoms with van der Waals surface area (Å²) in [5, 5.41) is 0. The molecule has 0 aliphatic carbocycles. The largest absolute Gasteiger partial charge is 0.341 e. The minimum atomic E-state index is -3.91. The third-order valence-electron chi connectivity index (χ3n) is 7.37. The molecule has 2 aliphatic heterocycles. The maximum Gasteiger partial charge on any atom is 0.241 e. The highest BCUT2D eigenvalue weighted by atomic mass is 32.2. The van der Waals surface area contributed by atoms with Crippen LogP contribution in [0.25, 0.3) is 0 Å². The number of fused-ring (bicyclic) bond motifs is 1. The third kappa shape index (κ3) is 5.81. The van der Waals surface area contributed by atoms with E-state index in [1.807, 2.05) is 31.7 Å². The van der Waals surface area contributed by atoms with E-state index in [4.69, 9.17) is 0 Å². The van der Waals surface area contributed by atoms with Crippen molar-refractivity contribution in [3.05, 3.63) is 59.7 Å². The van der Waals surface area contributed by atoms with Crippen LogP contribution in [0.15, 0.2) is 53.4 Å². The van der Waals surface area contributed by atoms with Crippen LogP contribution in [0.2, 0.25) is 0 Å². The molecule has 0 aromatic heterocycles. The average molecular weight is 512 g/mol. The van der Waals surface area contributed by atoms with Gasteiger partial charge in [0.1, 0.15) is 6.04 Å². The molecule has 1 saturated heterocycles. The quantitative estimate of drug-likeness (QED) is 0.585. The SMILES string of the molecule is CCC(=O)N1CCc2cc(S(=O)(=O)N[C@@H](C(=O)N3CCC(Cc4ccccc4)CC3)C(C)C)ccc21. The van der Waals surface area contributed by atoms with E-state index in [1.54, 1.807) is 17.0 Å². The van der Waals surface area contributed by atoms with Crippen molar-refractivity contribution in [2.45, 2.75) is 63.8 Å². The van der Waals surface area contributed by atoms with Crippen LogP contribution in [0.1, 0.15) is 51.2 Å². The van der Waals surface area contributed by atoms with Gasteiger partial charge in [-0.1, -0.05) is 51.1 Å². The smallest absolute Gasteiger partial charge is 0.241 e. The van der Waals surface area contributed by atoms with Gasteiger partial charge in [0, 0.05) is 31.7 Å². The van der Waals surface area contributed by atoms with E-state index in [9.17, 15) is 18.0 Å². The lowest BCUT2D eigenvalue weighted by atomic mass is 9.89. The van der Waals surface area contributed by atoms with Crippen molar-refractivity contribution in [1.82, 2.24) is 9.62 Å². The maximum atomic E-state index is 13.4. The summed E-state index contributed by atoms with van der Waals surface area (Å²) < 4.78 is 29.3. The van der Waals surface area contributed by atoms with Crippen LogP contribution in [0.5, 0.6) is 0 Å². The van der Waals surface area contributed by atoms with Crippen molar-refractivity contribution >= 4 is 27.5 Å². The summed E-state index contributed by atoms with van der Waals surface area (Å²) in [6.45, 7) is 7.39. The molecule has 1 fully saturated rings. The zero-order chi connectivity index (χ0) is 25.9. The predicted molar refractivity (Wildman–Crippen MR) is 141 cm³/mol. The van der Waals surface area contributed by atoms with Gasteiger partial charge in [-0.05, 0) is 66.8 Å². The second-order valence-corrected chi connectivity index (χ2v) is 12.0. The fourth-order valence-electron chi connectivity index (χ4n) is 5.20. The fraction of sp³-hybridized carbons (Fsp3) is 0.500. The van der Waals surface area contributed by atoms with E-state index in [2.05, 4.69) is 29.0 Å². The highest BCUT2D eigenvalue weighted by Crippen LogP contribution is 2.31. The molecule has 2 amide bonds. The van der Waals surface area contributed by atoms with Gasteiger partial charge >= 0.3 is 0 Å². The second kappa shape index (κ2) is 11.1. The van der Waals surface area contributed by atoms with Crippen molar-refractivity contribution in [3.8, 4) is 0 Å². The number of rotatable bonds is 8. The lowest BCUT2D eigenvalue weighted by Gasteiger charge is -2.35. The van der Waals surface area contributed by atoms with Crippen LogP contribution in [0.4, 0.5) is 5.69 Å². The molecule has 0 saturated carbocycles. The van der Waals surface area contributed by atoms with Crippen LogP contribution in [0.3, 0.4) is 0 Å². The molecule has 7 nitrogen and oxygen atoms in total. The Hall–Kier alpha value is -2.71. The number of amides is 2. The van der Waals surface area contributed by atoms with E-state index in [1.165, 1.54) is 11.6 Å². The Labute approximate surface area is 214 Å². The normalized spacial score (nSPS) is 17.3. The molecular weight excluding hydrogens is 474 g/mol. The first-order valence-electron chi connectivity index (χ1n) is 13.0. The Kier molecular flexibility index (Phi) is 8.15. The van der Waals surface area contributed by atoms with Crippen molar-refractivity contribution in [2.24, 2.45) is 11.8 Å². The molecule has 1 atom stereocenters. The van der Waals surface area contributed by atoms with Gasteiger partial charge in [-0.3, -0.25) is 9.59 Å². The summed E-state index contributed by atoms with van der Waals surface area (Å²) in [7, 11) is -3.91. The van der Waals surface area contributed by atoms with E-state index >= 15 is 0 Å². The molecule has 0 bridgehead atoms. The molecule has 8 heteroatoms. The van der Waals surface area contributed by atoms with Crippen molar-refractivity contribution in [2.75, 3.05) is 24.5 Å². The molecule has 2 aromatic rings. The van der Waals surface area contributed by atoms with Crippen LogP contribution in [-0.4, -0.2) is 50.8 Å². The maximum absolute atomic E-state index is 13.4. The number of piperidine rings is 1. The zero-order valence-corrected chi connectivity index (χ0v) is 22.3. The number of benzene rings is 2. The number of carbonyl (C=O) groups is 2. The van der Waals surface area contributed by atoms with Crippen molar-refractivity contribution < 1.29 is 18.0 Å². The molecule has 0 spiro atoms. The highest BCUT2D eigenvalue weighted by molar-refractivity contribution is 7.89. The van der Waals surface area contributed by atoms with Gasteiger partial charge in [-0.25, -0.2) is 8.42 Å². The summed E-state index contributed by atoms with van der Waals surface area (Å²) in [4.78, 5) is 29.2.